The minimum Gasteiger partial charge on any atom is -0.399 e. The Bertz CT molecular complexity index is 482. The summed E-state index contributed by atoms with van der Waals surface area (Å²) in [5, 5.41) is 6.09. The van der Waals surface area contributed by atoms with Crippen molar-refractivity contribution in [3.8, 4) is 0 Å². The van der Waals surface area contributed by atoms with Crippen molar-refractivity contribution >= 4 is 23.3 Å². The Morgan fingerprint density at radius 1 is 1.12 bits per heavy atom. The molecule has 6 heteroatoms. The molecule has 0 fully saturated rings. The number of aromatic nitrogens is 3. The summed E-state index contributed by atoms with van der Waals surface area (Å²) in [4.78, 5) is 12.2. The lowest BCUT2D eigenvalue weighted by Gasteiger charge is -2.06. The van der Waals surface area contributed by atoms with Gasteiger partial charge in [0.05, 0.1) is 0 Å². The Balaban J connectivity index is 2.12. The minimum absolute atomic E-state index is 0.501. The average Bonchev–Trinajstić information content (AvgIpc) is 2.33. The Labute approximate surface area is 99.3 Å². The van der Waals surface area contributed by atoms with E-state index in [9.17, 15) is 0 Å². The van der Waals surface area contributed by atoms with Gasteiger partial charge in [-0.15, -0.1) is 0 Å². The van der Waals surface area contributed by atoms with Crippen molar-refractivity contribution in [2.75, 3.05) is 22.9 Å². The molecule has 0 spiro atoms. The van der Waals surface area contributed by atoms with Gasteiger partial charge in [-0.05, 0) is 31.2 Å². The second kappa shape index (κ2) is 5.11. The lowest BCUT2D eigenvalue weighted by Crippen LogP contribution is -2.05. The zero-order valence-corrected chi connectivity index (χ0v) is 9.51. The Hall–Kier alpha value is -2.37. The minimum atomic E-state index is 0.501. The first-order valence-corrected chi connectivity index (χ1v) is 5.33. The first-order chi connectivity index (χ1) is 8.28. The van der Waals surface area contributed by atoms with E-state index < -0.39 is 0 Å². The Morgan fingerprint density at radius 3 is 2.53 bits per heavy atom. The maximum absolute atomic E-state index is 5.60. The topological polar surface area (TPSA) is 88.8 Å². The number of benzene rings is 1. The second-order valence-electron chi connectivity index (χ2n) is 3.41. The molecule has 1 aromatic carbocycles. The maximum atomic E-state index is 5.60. The molecule has 0 atom stereocenters. The van der Waals surface area contributed by atoms with Gasteiger partial charge in [-0.25, -0.2) is 9.97 Å². The van der Waals surface area contributed by atoms with E-state index in [1.165, 1.54) is 6.33 Å². The van der Waals surface area contributed by atoms with Crippen LogP contribution in [0.15, 0.2) is 30.6 Å². The third kappa shape index (κ3) is 3.04. The molecule has 2 aromatic rings. The fourth-order valence-corrected chi connectivity index (χ4v) is 1.30. The number of nitrogens with zero attached hydrogens (tertiary/aromatic N) is 3. The highest BCUT2D eigenvalue weighted by Gasteiger charge is 2.00. The second-order valence-corrected chi connectivity index (χ2v) is 3.41. The average molecular weight is 230 g/mol. The summed E-state index contributed by atoms with van der Waals surface area (Å²) in [5.41, 5.74) is 7.21. The van der Waals surface area contributed by atoms with E-state index in [2.05, 4.69) is 25.6 Å². The zero-order valence-electron chi connectivity index (χ0n) is 9.51. The molecule has 0 saturated heterocycles. The van der Waals surface area contributed by atoms with Gasteiger partial charge in [-0.3, -0.25) is 0 Å². The van der Waals surface area contributed by atoms with E-state index in [0.717, 1.165) is 17.9 Å². The standard InChI is InChI=1S/C11H14N6/c1-2-13-10-14-7-15-11(17-10)16-9-5-3-8(12)4-6-9/h3-7H,2,12H2,1H3,(H2,13,14,15,16,17). The van der Waals surface area contributed by atoms with Crippen LogP contribution in [-0.2, 0) is 0 Å². The summed E-state index contributed by atoms with van der Waals surface area (Å²) in [6, 6.07) is 7.36. The quantitative estimate of drug-likeness (QED) is 0.692. The van der Waals surface area contributed by atoms with Gasteiger partial charge in [-0.2, -0.15) is 4.98 Å². The van der Waals surface area contributed by atoms with Crippen LogP contribution in [0.3, 0.4) is 0 Å². The van der Waals surface area contributed by atoms with Gasteiger partial charge >= 0.3 is 0 Å². The highest BCUT2D eigenvalue weighted by Crippen LogP contribution is 2.14. The maximum Gasteiger partial charge on any atom is 0.231 e. The number of hydrogen-bond acceptors (Lipinski definition) is 6. The van der Waals surface area contributed by atoms with Gasteiger partial charge in [0, 0.05) is 17.9 Å². The lowest BCUT2D eigenvalue weighted by molar-refractivity contribution is 1.02. The Morgan fingerprint density at radius 2 is 1.82 bits per heavy atom. The van der Waals surface area contributed by atoms with Gasteiger partial charge in [0.1, 0.15) is 6.33 Å². The molecular formula is C11H14N6. The van der Waals surface area contributed by atoms with Crippen molar-refractivity contribution in [3.05, 3.63) is 30.6 Å². The summed E-state index contributed by atoms with van der Waals surface area (Å²) >= 11 is 0. The predicted octanol–water partition coefficient (Wildman–Crippen LogP) is 1.63. The van der Waals surface area contributed by atoms with Crippen molar-refractivity contribution in [1.29, 1.82) is 0 Å². The SMILES string of the molecule is CCNc1ncnc(Nc2ccc(N)cc2)n1. The van der Waals surface area contributed by atoms with E-state index in [1.807, 2.05) is 31.2 Å². The molecule has 6 nitrogen and oxygen atoms in total. The summed E-state index contributed by atoms with van der Waals surface area (Å²) in [6.07, 6.45) is 1.46. The van der Waals surface area contributed by atoms with Crippen molar-refractivity contribution in [1.82, 2.24) is 15.0 Å². The van der Waals surface area contributed by atoms with E-state index >= 15 is 0 Å². The van der Waals surface area contributed by atoms with Crippen LogP contribution < -0.4 is 16.4 Å². The molecule has 0 saturated carbocycles. The first kappa shape index (κ1) is 11.1. The molecule has 0 aliphatic heterocycles. The molecule has 1 aromatic heterocycles. The van der Waals surface area contributed by atoms with Crippen molar-refractivity contribution in [3.63, 3.8) is 0 Å². The van der Waals surface area contributed by atoms with Gasteiger partial charge < -0.3 is 16.4 Å². The molecule has 0 radical (unpaired) electrons. The highest BCUT2D eigenvalue weighted by atomic mass is 15.2. The molecule has 0 aliphatic rings. The number of hydrogen-bond donors (Lipinski definition) is 3. The van der Waals surface area contributed by atoms with Gasteiger partial charge in [0.15, 0.2) is 0 Å². The molecule has 2 rings (SSSR count). The number of nitrogens with two attached hydrogens (primary N) is 1. The third-order valence-electron chi connectivity index (χ3n) is 2.07. The van der Waals surface area contributed by atoms with Crippen LogP contribution >= 0.6 is 0 Å². The van der Waals surface area contributed by atoms with E-state index in [1.54, 1.807) is 0 Å². The molecule has 0 bridgehead atoms. The van der Waals surface area contributed by atoms with Crippen LogP contribution in [0.2, 0.25) is 0 Å². The molecule has 17 heavy (non-hydrogen) atoms. The molecule has 4 N–H and O–H groups in total. The summed E-state index contributed by atoms with van der Waals surface area (Å²) in [6.45, 7) is 2.75. The lowest BCUT2D eigenvalue weighted by atomic mass is 10.3. The van der Waals surface area contributed by atoms with Crippen molar-refractivity contribution < 1.29 is 0 Å². The van der Waals surface area contributed by atoms with Crippen molar-refractivity contribution in [2.45, 2.75) is 6.92 Å². The third-order valence-corrected chi connectivity index (χ3v) is 2.07. The number of nitrogens with one attached hydrogen (secondary N) is 2. The van der Waals surface area contributed by atoms with Gasteiger partial charge in [0.25, 0.3) is 0 Å². The number of nitrogen functional groups attached to an aromatic ring is 1. The monoisotopic (exact) mass is 230 g/mol. The summed E-state index contributed by atoms with van der Waals surface area (Å²) in [7, 11) is 0. The van der Waals surface area contributed by atoms with Gasteiger partial charge in [0.2, 0.25) is 11.9 Å². The summed E-state index contributed by atoms with van der Waals surface area (Å²) < 4.78 is 0. The first-order valence-electron chi connectivity index (χ1n) is 5.33. The van der Waals surface area contributed by atoms with E-state index in [-0.39, 0.29) is 0 Å². The van der Waals surface area contributed by atoms with Crippen LogP contribution in [0.4, 0.5) is 23.3 Å². The number of anilines is 4. The van der Waals surface area contributed by atoms with Crippen LogP contribution in [-0.4, -0.2) is 21.5 Å². The van der Waals surface area contributed by atoms with Crippen LogP contribution in [0.25, 0.3) is 0 Å². The summed E-state index contributed by atoms with van der Waals surface area (Å²) in [5.74, 6) is 1.06. The Kier molecular flexibility index (Phi) is 3.34. The predicted molar refractivity (Wildman–Crippen MR) is 68.1 cm³/mol. The highest BCUT2D eigenvalue weighted by molar-refractivity contribution is 5.57. The molecule has 0 unspecified atom stereocenters. The van der Waals surface area contributed by atoms with Crippen molar-refractivity contribution in [2.24, 2.45) is 0 Å². The molecule has 1 heterocycles. The van der Waals surface area contributed by atoms with Crippen LogP contribution in [0, 0.1) is 0 Å². The fourth-order valence-electron chi connectivity index (χ4n) is 1.30. The molecule has 0 amide bonds. The van der Waals surface area contributed by atoms with Crippen LogP contribution in [0.5, 0.6) is 0 Å². The zero-order chi connectivity index (χ0) is 12.1. The normalized spacial score (nSPS) is 9.94. The fraction of sp³-hybridized carbons (Fsp3) is 0.182. The molecule has 0 aliphatic carbocycles. The van der Waals surface area contributed by atoms with Crippen LogP contribution in [0.1, 0.15) is 6.92 Å². The van der Waals surface area contributed by atoms with Gasteiger partial charge in [-0.1, -0.05) is 0 Å². The number of rotatable bonds is 4. The molecular weight excluding hydrogens is 216 g/mol. The smallest absolute Gasteiger partial charge is 0.231 e. The largest absolute Gasteiger partial charge is 0.399 e. The van der Waals surface area contributed by atoms with E-state index in [0.29, 0.717) is 11.9 Å². The van der Waals surface area contributed by atoms with E-state index in [4.69, 9.17) is 5.73 Å². The molecule has 88 valence electrons.